The van der Waals surface area contributed by atoms with Crippen LogP contribution in [0.5, 0.6) is 0 Å². The minimum Gasteiger partial charge on any atom is -0.465 e. The summed E-state index contributed by atoms with van der Waals surface area (Å²) < 4.78 is 5.21. The molecule has 0 aliphatic carbocycles. The first-order valence-electron chi connectivity index (χ1n) is 6.39. The Labute approximate surface area is 94.4 Å². The zero-order valence-corrected chi connectivity index (χ0v) is 10.6. The third kappa shape index (κ3) is 8.46. The maximum atomic E-state index is 11.5. The highest BCUT2D eigenvalue weighted by atomic mass is 16.5. The summed E-state index contributed by atoms with van der Waals surface area (Å²) >= 11 is 0. The molecule has 0 N–H and O–H groups in total. The number of carbonyl (C=O) groups is 1. The average Bonchev–Trinajstić information content (AvgIpc) is 2.25. The molecule has 0 spiro atoms. The van der Waals surface area contributed by atoms with E-state index in [-0.39, 0.29) is 11.9 Å². The van der Waals surface area contributed by atoms with Gasteiger partial charge in [0, 0.05) is 0 Å². The van der Waals surface area contributed by atoms with Crippen LogP contribution in [0, 0.1) is 5.92 Å². The number of unbranched alkanes of at least 4 members (excludes halogenated alkanes) is 4. The molecule has 0 amide bonds. The van der Waals surface area contributed by atoms with E-state index in [1.807, 2.05) is 6.92 Å². The molecule has 0 saturated heterocycles. The van der Waals surface area contributed by atoms with E-state index in [9.17, 15) is 4.79 Å². The highest BCUT2D eigenvalue weighted by Crippen LogP contribution is 2.10. The Morgan fingerprint density at radius 2 is 1.73 bits per heavy atom. The summed E-state index contributed by atoms with van der Waals surface area (Å²) in [5, 5.41) is 0. The van der Waals surface area contributed by atoms with Gasteiger partial charge >= 0.3 is 5.97 Å². The van der Waals surface area contributed by atoms with E-state index in [0.717, 1.165) is 25.7 Å². The molecule has 0 aromatic rings. The van der Waals surface area contributed by atoms with Crippen molar-refractivity contribution in [2.24, 2.45) is 5.92 Å². The Bertz CT molecular complexity index is 155. The van der Waals surface area contributed by atoms with Gasteiger partial charge in [0.25, 0.3) is 0 Å². The minimum absolute atomic E-state index is 0.0139. The molecule has 0 bridgehead atoms. The predicted molar refractivity (Wildman–Crippen MR) is 63.8 cm³/mol. The van der Waals surface area contributed by atoms with Crippen molar-refractivity contribution in [3.63, 3.8) is 0 Å². The highest BCUT2D eigenvalue weighted by molar-refractivity contribution is 5.71. The van der Waals surface area contributed by atoms with Gasteiger partial charge in [-0.3, -0.25) is 4.79 Å². The molecule has 0 rings (SSSR count). The summed E-state index contributed by atoms with van der Waals surface area (Å²) in [4.78, 5) is 11.5. The largest absolute Gasteiger partial charge is 0.465 e. The Hall–Kier alpha value is -0.530. The number of carbonyl (C=O) groups excluding carboxylic acids is 1. The maximum Gasteiger partial charge on any atom is 0.308 e. The van der Waals surface area contributed by atoms with Crippen molar-refractivity contribution in [1.29, 1.82) is 0 Å². The van der Waals surface area contributed by atoms with Gasteiger partial charge in [0.2, 0.25) is 0 Å². The normalized spacial score (nSPS) is 12.5. The minimum atomic E-state index is -0.0139. The second-order valence-electron chi connectivity index (χ2n) is 4.27. The Kier molecular flexibility index (Phi) is 9.65. The number of hydrogen-bond acceptors (Lipinski definition) is 2. The molecule has 90 valence electrons. The lowest BCUT2D eigenvalue weighted by molar-refractivity contribution is -0.148. The van der Waals surface area contributed by atoms with Crippen molar-refractivity contribution in [3.05, 3.63) is 0 Å². The van der Waals surface area contributed by atoms with Crippen molar-refractivity contribution in [2.75, 3.05) is 6.61 Å². The van der Waals surface area contributed by atoms with Gasteiger partial charge in [-0.25, -0.2) is 0 Å². The van der Waals surface area contributed by atoms with Crippen LogP contribution < -0.4 is 0 Å². The zero-order valence-electron chi connectivity index (χ0n) is 10.6. The molecule has 0 aromatic heterocycles. The van der Waals surface area contributed by atoms with Gasteiger partial charge in [-0.05, 0) is 12.8 Å². The third-order valence-corrected chi connectivity index (χ3v) is 2.64. The first kappa shape index (κ1) is 14.5. The van der Waals surface area contributed by atoms with Crippen LogP contribution in [0.3, 0.4) is 0 Å². The molecule has 2 heteroatoms. The molecule has 0 aliphatic heterocycles. The van der Waals surface area contributed by atoms with Crippen molar-refractivity contribution < 1.29 is 9.53 Å². The standard InChI is InChI=1S/C13H26O2/c1-4-6-8-9-11-15-13(14)12(3)10-7-5-2/h12H,4-11H2,1-3H3. The number of hydrogen-bond donors (Lipinski definition) is 0. The van der Waals surface area contributed by atoms with Crippen LogP contribution in [0.2, 0.25) is 0 Å². The smallest absolute Gasteiger partial charge is 0.308 e. The lowest BCUT2D eigenvalue weighted by atomic mass is 10.1. The molecule has 1 atom stereocenters. The molecule has 15 heavy (non-hydrogen) atoms. The Morgan fingerprint density at radius 3 is 2.33 bits per heavy atom. The fraction of sp³-hybridized carbons (Fsp3) is 0.923. The molecule has 0 saturated carbocycles. The van der Waals surface area contributed by atoms with Crippen molar-refractivity contribution in [3.8, 4) is 0 Å². The second kappa shape index (κ2) is 10.0. The first-order valence-corrected chi connectivity index (χ1v) is 6.39. The predicted octanol–water partition coefficient (Wildman–Crippen LogP) is 3.94. The monoisotopic (exact) mass is 214 g/mol. The summed E-state index contributed by atoms with van der Waals surface area (Å²) in [6.45, 7) is 6.89. The lowest BCUT2D eigenvalue weighted by Gasteiger charge is -2.10. The average molecular weight is 214 g/mol. The SMILES string of the molecule is CCCCCCOC(=O)C(C)CCCC. The molecular weight excluding hydrogens is 188 g/mol. The van der Waals surface area contributed by atoms with E-state index < -0.39 is 0 Å². The van der Waals surface area contributed by atoms with Crippen LogP contribution >= 0.6 is 0 Å². The third-order valence-electron chi connectivity index (χ3n) is 2.64. The van der Waals surface area contributed by atoms with Gasteiger partial charge in [-0.1, -0.05) is 52.9 Å². The Balaban J connectivity index is 3.38. The molecule has 1 unspecified atom stereocenters. The summed E-state index contributed by atoms with van der Waals surface area (Å²) in [6.07, 6.45) is 7.88. The van der Waals surface area contributed by atoms with Crippen molar-refractivity contribution in [2.45, 2.75) is 65.7 Å². The first-order chi connectivity index (χ1) is 7.22. The van der Waals surface area contributed by atoms with E-state index in [1.54, 1.807) is 0 Å². The molecule has 0 fully saturated rings. The van der Waals surface area contributed by atoms with Crippen molar-refractivity contribution in [1.82, 2.24) is 0 Å². The number of rotatable bonds is 9. The van der Waals surface area contributed by atoms with Crippen LogP contribution in [0.25, 0.3) is 0 Å². The summed E-state index contributed by atoms with van der Waals surface area (Å²) in [7, 11) is 0. The molecule has 0 radical (unpaired) electrons. The fourth-order valence-electron chi connectivity index (χ4n) is 1.47. The molecule has 0 aromatic carbocycles. The van der Waals surface area contributed by atoms with Crippen LogP contribution in [0.4, 0.5) is 0 Å². The fourth-order valence-corrected chi connectivity index (χ4v) is 1.47. The van der Waals surface area contributed by atoms with E-state index in [0.29, 0.717) is 6.61 Å². The zero-order chi connectivity index (χ0) is 11.5. The molecular formula is C13H26O2. The van der Waals surface area contributed by atoms with Gasteiger partial charge in [0.05, 0.1) is 12.5 Å². The highest BCUT2D eigenvalue weighted by Gasteiger charge is 2.12. The maximum absolute atomic E-state index is 11.5. The van der Waals surface area contributed by atoms with Crippen LogP contribution in [0.1, 0.15) is 65.7 Å². The van der Waals surface area contributed by atoms with Gasteiger partial charge in [0.15, 0.2) is 0 Å². The Morgan fingerprint density at radius 1 is 1.07 bits per heavy atom. The van der Waals surface area contributed by atoms with E-state index in [4.69, 9.17) is 4.74 Å². The van der Waals surface area contributed by atoms with Crippen LogP contribution in [-0.2, 0) is 9.53 Å². The molecule has 0 heterocycles. The quantitative estimate of drug-likeness (QED) is 0.429. The summed E-state index contributed by atoms with van der Waals surface area (Å²) in [5.41, 5.74) is 0. The topological polar surface area (TPSA) is 26.3 Å². The molecule has 2 nitrogen and oxygen atoms in total. The van der Waals surface area contributed by atoms with Gasteiger partial charge in [0.1, 0.15) is 0 Å². The van der Waals surface area contributed by atoms with Crippen LogP contribution in [-0.4, -0.2) is 12.6 Å². The number of esters is 1. The summed E-state index contributed by atoms with van der Waals surface area (Å²) in [6, 6.07) is 0. The summed E-state index contributed by atoms with van der Waals surface area (Å²) in [5.74, 6) is 0.0658. The van der Waals surface area contributed by atoms with Gasteiger partial charge in [-0.2, -0.15) is 0 Å². The van der Waals surface area contributed by atoms with E-state index in [2.05, 4.69) is 13.8 Å². The van der Waals surface area contributed by atoms with E-state index in [1.165, 1.54) is 19.3 Å². The lowest BCUT2D eigenvalue weighted by Crippen LogP contribution is -2.15. The van der Waals surface area contributed by atoms with Gasteiger partial charge < -0.3 is 4.74 Å². The second-order valence-corrected chi connectivity index (χ2v) is 4.27. The molecule has 0 aliphatic rings. The number of ether oxygens (including phenoxy) is 1. The van der Waals surface area contributed by atoms with Gasteiger partial charge in [-0.15, -0.1) is 0 Å². The van der Waals surface area contributed by atoms with Crippen molar-refractivity contribution >= 4 is 5.97 Å². The van der Waals surface area contributed by atoms with Crippen LogP contribution in [0.15, 0.2) is 0 Å². The van der Waals surface area contributed by atoms with E-state index >= 15 is 0 Å².